The minimum Gasteiger partial charge on any atom is -0.449 e. The number of halogens is 5. The van der Waals surface area contributed by atoms with Gasteiger partial charge in [0.05, 0.1) is 0 Å². The van der Waals surface area contributed by atoms with Crippen molar-refractivity contribution in [2.45, 2.75) is 24.8 Å². The molecular weight excluding hydrogens is 515 g/mol. The second-order valence-electron chi connectivity index (χ2n) is 8.35. The standard InChI is InChI=1S/C26H19F5N2O5/c27-19-20(28)22(30)24(23(31)21(19)29)38-25(35)17(9-10-18(32)34)33-26(36)37-11-16-14-7-3-1-5-12(14)13-6-2-4-8-15(13)16/h1-8,16-17H,9-11H2,(H2,32,34)(H,33,36). The van der Waals surface area contributed by atoms with Gasteiger partial charge in [0.25, 0.3) is 0 Å². The van der Waals surface area contributed by atoms with E-state index in [1.807, 2.05) is 48.5 Å². The van der Waals surface area contributed by atoms with Crippen LogP contribution in [-0.2, 0) is 14.3 Å². The number of esters is 1. The second kappa shape index (κ2) is 10.9. The molecule has 3 N–H and O–H groups in total. The number of nitrogens with one attached hydrogen (secondary N) is 1. The second-order valence-corrected chi connectivity index (χ2v) is 8.35. The van der Waals surface area contributed by atoms with Gasteiger partial charge in [-0.2, -0.15) is 8.78 Å². The number of rotatable bonds is 8. The Morgan fingerprint density at radius 3 is 1.84 bits per heavy atom. The highest BCUT2D eigenvalue weighted by Crippen LogP contribution is 2.44. The molecule has 198 valence electrons. The lowest BCUT2D eigenvalue weighted by atomic mass is 9.98. The van der Waals surface area contributed by atoms with Crippen LogP contribution in [0.25, 0.3) is 11.1 Å². The molecule has 2 amide bonds. The Labute approximate surface area is 212 Å². The molecule has 7 nitrogen and oxygen atoms in total. The Hall–Kier alpha value is -4.48. The van der Waals surface area contributed by atoms with Crippen LogP contribution in [0.4, 0.5) is 26.7 Å². The number of hydrogen-bond acceptors (Lipinski definition) is 5. The number of benzene rings is 3. The molecule has 0 bridgehead atoms. The minimum atomic E-state index is -2.44. The molecule has 0 fully saturated rings. The van der Waals surface area contributed by atoms with Crippen LogP contribution in [0.2, 0.25) is 0 Å². The molecule has 0 aromatic heterocycles. The molecule has 0 heterocycles. The van der Waals surface area contributed by atoms with Crippen molar-refractivity contribution in [1.29, 1.82) is 0 Å². The van der Waals surface area contributed by atoms with E-state index in [2.05, 4.69) is 10.1 Å². The summed E-state index contributed by atoms with van der Waals surface area (Å²) < 4.78 is 77.8. The van der Waals surface area contributed by atoms with Gasteiger partial charge >= 0.3 is 12.1 Å². The third-order valence-corrected chi connectivity index (χ3v) is 5.97. The van der Waals surface area contributed by atoms with E-state index in [-0.39, 0.29) is 12.5 Å². The lowest BCUT2D eigenvalue weighted by Crippen LogP contribution is -2.44. The van der Waals surface area contributed by atoms with Gasteiger partial charge in [-0.1, -0.05) is 48.5 Å². The van der Waals surface area contributed by atoms with E-state index < -0.39 is 71.7 Å². The Balaban J connectivity index is 1.49. The van der Waals surface area contributed by atoms with Crippen LogP contribution in [0.15, 0.2) is 48.5 Å². The summed E-state index contributed by atoms with van der Waals surface area (Å²) in [6.45, 7) is -0.158. The number of fused-ring (bicyclic) bond motifs is 3. The molecule has 0 saturated carbocycles. The maximum atomic E-state index is 14.0. The van der Waals surface area contributed by atoms with Crippen LogP contribution in [-0.4, -0.2) is 30.6 Å². The van der Waals surface area contributed by atoms with Crippen LogP contribution < -0.4 is 15.8 Å². The van der Waals surface area contributed by atoms with Crippen LogP contribution in [0.3, 0.4) is 0 Å². The summed E-state index contributed by atoms with van der Waals surface area (Å²) in [5, 5.41) is 2.09. The lowest BCUT2D eigenvalue weighted by molar-refractivity contribution is -0.137. The third kappa shape index (κ3) is 5.15. The monoisotopic (exact) mass is 534 g/mol. The summed E-state index contributed by atoms with van der Waals surface area (Å²) in [5.74, 6) is -16.6. The zero-order valence-corrected chi connectivity index (χ0v) is 19.4. The van der Waals surface area contributed by atoms with Gasteiger partial charge in [0.2, 0.25) is 40.7 Å². The minimum absolute atomic E-state index is 0.158. The largest absolute Gasteiger partial charge is 0.449 e. The fourth-order valence-corrected chi connectivity index (χ4v) is 4.16. The first-order valence-corrected chi connectivity index (χ1v) is 11.2. The smallest absolute Gasteiger partial charge is 0.407 e. The maximum absolute atomic E-state index is 14.0. The summed E-state index contributed by atoms with van der Waals surface area (Å²) in [4.78, 5) is 36.3. The first-order valence-electron chi connectivity index (χ1n) is 11.2. The summed E-state index contributed by atoms with van der Waals surface area (Å²) >= 11 is 0. The van der Waals surface area contributed by atoms with Crippen LogP contribution >= 0.6 is 0 Å². The van der Waals surface area contributed by atoms with E-state index in [1.54, 1.807) is 0 Å². The van der Waals surface area contributed by atoms with Crippen molar-refractivity contribution in [3.8, 4) is 16.9 Å². The van der Waals surface area contributed by atoms with Gasteiger partial charge in [-0.15, -0.1) is 0 Å². The number of carbonyl (C=O) groups is 3. The van der Waals surface area contributed by atoms with E-state index in [9.17, 15) is 36.3 Å². The Bertz CT molecular complexity index is 1360. The summed E-state index contributed by atoms with van der Waals surface area (Å²) in [6.07, 6.45) is -2.15. The van der Waals surface area contributed by atoms with Crippen molar-refractivity contribution in [3.05, 3.63) is 88.7 Å². The van der Waals surface area contributed by atoms with E-state index in [0.717, 1.165) is 22.3 Å². The van der Waals surface area contributed by atoms with Crippen molar-refractivity contribution in [1.82, 2.24) is 5.32 Å². The number of carbonyl (C=O) groups excluding carboxylic acids is 3. The molecule has 38 heavy (non-hydrogen) atoms. The topological polar surface area (TPSA) is 108 Å². The quantitative estimate of drug-likeness (QED) is 0.146. The fourth-order valence-electron chi connectivity index (χ4n) is 4.16. The molecule has 4 rings (SSSR count). The van der Waals surface area contributed by atoms with Gasteiger partial charge in [0.15, 0.2) is 0 Å². The molecule has 1 aliphatic carbocycles. The molecule has 0 spiro atoms. The van der Waals surface area contributed by atoms with Gasteiger partial charge in [-0.25, -0.2) is 22.8 Å². The van der Waals surface area contributed by atoms with Gasteiger partial charge in [0, 0.05) is 12.3 Å². The molecule has 3 aromatic rings. The highest BCUT2D eigenvalue weighted by Gasteiger charge is 2.33. The SMILES string of the molecule is NC(=O)CCC(NC(=O)OCC1c2ccccc2-c2ccccc21)C(=O)Oc1c(F)c(F)c(F)c(F)c1F. The molecule has 1 unspecified atom stereocenters. The number of ether oxygens (including phenoxy) is 2. The van der Waals surface area contributed by atoms with E-state index >= 15 is 0 Å². The normalized spacial score (nSPS) is 12.9. The molecule has 0 saturated heterocycles. The predicted molar refractivity (Wildman–Crippen MR) is 122 cm³/mol. The Morgan fingerprint density at radius 1 is 0.816 bits per heavy atom. The van der Waals surface area contributed by atoms with Gasteiger partial charge < -0.3 is 20.5 Å². The highest BCUT2D eigenvalue weighted by atomic mass is 19.2. The summed E-state index contributed by atoms with van der Waals surface area (Å²) in [5.41, 5.74) is 8.79. The van der Waals surface area contributed by atoms with Crippen molar-refractivity contribution < 1.29 is 45.8 Å². The van der Waals surface area contributed by atoms with Crippen molar-refractivity contribution in [2.24, 2.45) is 5.73 Å². The van der Waals surface area contributed by atoms with Gasteiger partial charge in [-0.3, -0.25) is 4.79 Å². The fraction of sp³-hybridized carbons (Fsp3) is 0.192. The van der Waals surface area contributed by atoms with Gasteiger partial charge in [0.1, 0.15) is 12.6 Å². The first-order chi connectivity index (χ1) is 18.1. The van der Waals surface area contributed by atoms with Crippen LogP contribution in [0.5, 0.6) is 5.75 Å². The number of hydrogen-bond donors (Lipinski definition) is 2. The molecule has 1 aliphatic rings. The number of amides is 2. The maximum Gasteiger partial charge on any atom is 0.407 e. The predicted octanol–water partition coefficient (Wildman–Crippen LogP) is 4.46. The van der Waals surface area contributed by atoms with Crippen LogP contribution in [0, 0.1) is 29.1 Å². The van der Waals surface area contributed by atoms with Crippen molar-refractivity contribution in [2.75, 3.05) is 6.61 Å². The molecule has 12 heteroatoms. The Morgan fingerprint density at radius 2 is 1.32 bits per heavy atom. The van der Waals surface area contributed by atoms with E-state index in [0.29, 0.717) is 0 Å². The molecule has 0 radical (unpaired) electrons. The molecular formula is C26H19F5N2O5. The number of primary amides is 1. The summed E-state index contributed by atoms with van der Waals surface area (Å²) in [7, 11) is 0. The zero-order chi connectivity index (χ0) is 27.6. The van der Waals surface area contributed by atoms with Crippen molar-refractivity contribution in [3.63, 3.8) is 0 Å². The first kappa shape index (κ1) is 26.6. The lowest BCUT2D eigenvalue weighted by Gasteiger charge is -2.19. The average Bonchev–Trinajstić information content (AvgIpc) is 3.23. The van der Waals surface area contributed by atoms with E-state index in [4.69, 9.17) is 10.5 Å². The van der Waals surface area contributed by atoms with Gasteiger partial charge in [-0.05, 0) is 28.7 Å². The zero-order valence-electron chi connectivity index (χ0n) is 19.4. The third-order valence-electron chi connectivity index (χ3n) is 5.97. The Kier molecular flexibility index (Phi) is 7.60. The molecule has 0 aliphatic heterocycles. The summed E-state index contributed by atoms with van der Waals surface area (Å²) in [6, 6.07) is 13.2. The number of nitrogens with two attached hydrogens (primary N) is 1. The molecule has 1 atom stereocenters. The van der Waals surface area contributed by atoms with Crippen LogP contribution in [0.1, 0.15) is 29.9 Å². The average molecular weight is 534 g/mol. The van der Waals surface area contributed by atoms with E-state index in [1.165, 1.54) is 0 Å². The highest BCUT2D eigenvalue weighted by molar-refractivity contribution is 5.84. The molecule has 3 aromatic carbocycles. The number of alkyl carbamates (subject to hydrolysis) is 1. The van der Waals surface area contributed by atoms with Crippen molar-refractivity contribution >= 4 is 18.0 Å².